The lowest BCUT2D eigenvalue weighted by Crippen LogP contribution is -2.34. The summed E-state index contributed by atoms with van der Waals surface area (Å²) in [7, 11) is 0. The van der Waals surface area contributed by atoms with Crippen molar-refractivity contribution in [3.63, 3.8) is 0 Å². The Morgan fingerprint density at radius 1 is 1.00 bits per heavy atom. The number of rotatable bonds is 5. The highest BCUT2D eigenvalue weighted by Gasteiger charge is 2.47. The average molecular weight is 292 g/mol. The summed E-state index contributed by atoms with van der Waals surface area (Å²) >= 11 is 0.982. The lowest BCUT2D eigenvalue weighted by Gasteiger charge is -2.24. The van der Waals surface area contributed by atoms with Crippen molar-refractivity contribution in [1.82, 2.24) is 0 Å². The Bertz CT molecular complexity index is 570. The van der Waals surface area contributed by atoms with Crippen LogP contribution in [-0.2, 0) is 0 Å². The number of carbonyl (C=O) groups is 1. The fourth-order valence-corrected chi connectivity index (χ4v) is 2.85. The molecule has 0 aromatic heterocycles. The van der Waals surface area contributed by atoms with Crippen LogP contribution in [0.3, 0.4) is 0 Å². The average Bonchev–Trinajstić information content (AvgIpc) is 2.49. The van der Waals surface area contributed by atoms with Crippen molar-refractivity contribution in [2.75, 3.05) is 6.26 Å². The van der Waals surface area contributed by atoms with Gasteiger partial charge in [0.15, 0.2) is 0 Å². The Morgan fingerprint density at radius 2 is 1.50 bits per heavy atom. The lowest BCUT2D eigenvalue weighted by molar-refractivity contribution is 0.00876. The second kappa shape index (κ2) is 6.18. The van der Waals surface area contributed by atoms with Crippen LogP contribution in [0.2, 0.25) is 0 Å². The van der Waals surface area contributed by atoms with E-state index in [1.165, 1.54) is 12.1 Å². The van der Waals surface area contributed by atoms with E-state index in [0.29, 0.717) is 5.56 Å². The van der Waals surface area contributed by atoms with E-state index in [0.717, 1.165) is 11.8 Å². The normalized spacial score (nSPS) is 12.9. The molecule has 0 saturated heterocycles. The standard InChI is InChI=1S/C16H14F2OS/c1-20-15(13-10-6-3-7-11-13)16(17,18)14(19)12-8-4-2-5-9-12/h2-11,15H,1H3. The van der Waals surface area contributed by atoms with Crippen LogP contribution in [0.25, 0.3) is 0 Å². The summed E-state index contributed by atoms with van der Waals surface area (Å²) in [5.41, 5.74) is 0.488. The first-order valence-corrected chi connectivity index (χ1v) is 7.41. The molecule has 2 aromatic carbocycles. The molecule has 0 amide bonds. The van der Waals surface area contributed by atoms with E-state index < -0.39 is 17.0 Å². The van der Waals surface area contributed by atoms with E-state index in [2.05, 4.69) is 0 Å². The van der Waals surface area contributed by atoms with Gasteiger partial charge in [0.05, 0.1) is 0 Å². The van der Waals surface area contributed by atoms with E-state index in [1.54, 1.807) is 54.8 Å². The van der Waals surface area contributed by atoms with Crippen LogP contribution in [-0.4, -0.2) is 18.0 Å². The van der Waals surface area contributed by atoms with E-state index in [-0.39, 0.29) is 5.56 Å². The van der Waals surface area contributed by atoms with Gasteiger partial charge in [0.1, 0.15) is 5.25 Å². The van der Waals surface area contributed by atoms with Crippen molar-refractivity contribution in [3.05, 3.63) is 71.8 Å². The van der Waals surface area contributed by atoms with Gasteiger partial charge in [-0.15, -0.1) is 0 Å². The number of halogens is 2. The summed E-state index contributed by atoms with van der Waals surface area (Å²) in [5, 5.41) is -1.18. The Morgan fingerprint density at radius 3 is 2.00 bits per heavy atom. The molecule has 0 aliphatic heterocycles. The van der Waals surface area contributed by atoms with Crippen LogP contribution in [0, 0.1) is 0 Å². The van der Waals surface area contributed by atoms with Crippen LogP contribution in [0.15, 0.2) is 60.7 Å². The number of hydrogen-bond acceptors (Lipinski definition) is 2. The molecular formula is C16H14F2OS. The minimum absolute atomic E-state index is 0.0347. The van der Waals surface area contributed by atoms with Crippen LogP contribution < -0.4 is 0 Å². The number of thioether (sulfide) groups is 1. The molecule has 1 atom stereocenters. The summed E-state index contributed by atoms with van der Waals surface area (Å²) < 4.78 is 29.0. The molecule has 0 aliphatic carbocycles. The predicted octanol–water partition coefficient (Wildman–Crippen LogP) is 4.61. The van der Waals surface area contributed by atoms with E-state index >= 15 is 0 Å². The molecule has 0 spiro atoms. The van der Waals surface area contributed by atoms with Crippen LogP contribution in [0.4, 0.5) is 8.78 Å². The molecule has 0 heterocycles. The Labute approximate surface area is 121 Å². The van der Waals surface area contributed by atoms with Crippen LogP contribution >= 0.6 is 11.8 Å². The molecule has 0 saturated carbocycles. The Hall–Kier alpha value is -1.68. The first-order valence-electron chi connectivity index (χ1n) is 6.12. The van der Waals surface area contributed by atoms with Crippen molar-refractivity contribution in [3.8, 4) is 0 Å². The molecule has 0 fully saturated rings. The van der Waals surface area contributed by atoms with Gasteiger partial charge in [0.25, 0.3) is 0 Å². The predicted molar refractivity (Wildman–Crippen MR) is 78.4 cm³/mol. The number of Topliss-reactive ketones (excluding diaryl/α,β-unsaturated/α-hetero) is 1. The molecule has 2 aromatic rings. The number of benzene rings is 2. The Kier molecular flexibility index (Phi) is 4.55. The van der Waals surface area contributed by atoms with Gasteiger partial charge in [0, 0.05) is 5.56 Å². The molecule has 2 rings (SSSR count). The highest BCUT2D eigenvalue weighted by Crippen LogP contribution is 2.42. The molecule has 1 unspecified atom stereocenters. The first kappa shape index (κ1) is 14.7. The zero-order valence-corrected chi connectivity index (χ0v) is 11.7. The van der Waals surface area contributed by atoms with Crippen molar-refractivity contribution in [2.45, 2.75) is 11.2 Å². The smallest absolute Gasteiger partial charge is 0.287 e. The highest BCUT2D eigenvalue weighted by molar-refractivity contribution is 7.98. The Balaban J connectivity index is 2.35. The third-order valence-electron chi connectivity index (χ3n) is 3.01. The minimum atomic E-state index is -3.44. The maximum Gasteiger partial charge on any atom is 0.325 e. The van der Waals surface area contributed by atoms with Gasteiger partial charge in [-0.05, 0) is 11.8 Å². The second-order valence-corrected chi connectivity index (χ2v) is 5.29. The monoisotopic (exact) mass is 292 g/mol. The number of carbonyl (C=O) groups excluding carboxylic acids is 1. The number of ketones is 1. The molecule has 4 heteroatoms. The molecular weight excluding hydrogens is 278 g/mol. The zero-order chi connectivity index (χ0) is 14.6. The lowest BCUT2D eigenvalue weighted by atomic mass is 9.98. The summed E-state index contributed by atoms with van der Waals surface area (Å²) in [6.45, 7) is 0. The summed E-state index contributed by atoms with van der Waals surface area (Å²) in [5.74, 6) is -4.58. The second-order valence-electron chi connectivity index (χ2n) is 4.34. The van der Waals surface area contributed by atoms with Gasteiger partial charge in [-0.2, -0.15) is 20.5 Å². The number of alkyl halides is 2. The van der Waals surface area contributed by atoms with Gasteiger partial charge >= 0.3 is 5.92 Å². The fourth-order valence-electron chi connectivity index (χ4n) is 2.02. The van der Waals surface area contributed by atoms with Gasteiger partial charge in [-0.25, -0.2) is 0 Å². The van der Waals surface area contributed by atoms with Crippen molar-refractivity contribution in [2.24, 2.45) is 0 Å². The van der Waals surface area contributed by atoms with Gasteiger partial charge < -0.3 is 0 Å². The van der Waals surface area contributed by atoms with Crippen LogP contribution in [0.5, 0.6) is 0 Å². The summed E-state index contributed by atoms with van der Waals surface area (Å²) in [4.78, 5) is 12.1. The van der Waals surface area contributed by atoms with Crippen molar-refractivity contribution in [1.29, 1.82) is 0 Å². The SMILES string of the molecule is CSC(c1ccccc1)C(F)(F)C(=O)c1ccccc1. The molecule has 1 nitrogen and oxygen atoms in total. The van der Waals surface area contributed by atoms with Gasteiger partial charge in [-0.3, -0.25) is 4.79 Å². The third kappa shape index (κ3) is 2.90. The first-order chi connectivity index (χ1) is 9.57. The molecule has 20 heavy (non-hydrogen) atoms. The van der Waals surface area contributed by atoms with Crippen LogP contribution in [0.1, 0.15) is 21.2 Å². The quantitative estimate of drug-likeness (QED) is 0.749. The minimum Gasteiger partial charge on any atom is -0.287 e. The maximum atomic E-state index is 14.5. The molecule has 104 valence electrons. The van der Waals surface area contributed by atoms with E-state index in [1.807, 2.05) is 0 Å². The molecule has 0 radical (unpaired) electrons. The fraction of sp³-hybridized carbons (Fsp3) is 0.188. The maximum absolute atomic E-state index is 14.5. The molecule has 0 N–H and O–H groups in total. The largest absolute Gasteiger partial charge is 0.325 e. The van der Waals surface area contributed by atoms with E-state index in [4.69, 9.17) is 0 Å². The number of hydrogen-bond donors (Lipinski definition) is 0. The summed E-state index contributed by atoms with van der Waals surface area (Å²) in [6, 6.07) is 16.1. The van der Waals surface area contributed by atoms with E-state index in [9.17, 15) is 13.6 Å². The summed E-state index contributed by atoms with van der Waals surface area (Å²) in [6.07, 6.45) is 1.59. The molecule has 0 aliphatic rings. The molecule has 0 bridgehead atoms. The van der Waals surface area contributed by atoms with Gasteiger partial charge in [0.2, 0.25) is 5.78 Å². The zero-order valence-electron chi connectivity index (χ0n) is 10.9. The van der Waals surface area contributed by atoms with Crippen molar-refractivity contribution < 1.29 is 13.6 Å². The van der Waals surface area contributed by atoms with Gasteiger partial charge in [-0.1, -0.05) is 60.7 Å². The topological polar surface area (TPSA) is 17.1 Å². The van der Waals surface area contributed by atoms with Crippen molar-refractivity contribution >= 4 is 17.5 Å². The highest BCUT2D eigenvalue weighted by atomic mass is 32.2. The third-order valence-corrected chi connectivity index (χ3v) is 4.05.